The summed E-state index contributed by atoms with van der Waals surface area (Å²) in [6, 6.07) is 10.2. The van der Waals surface area contributed by atoms with Gasteiger partial charge >= 0.3 is 0 Å². The molecule has 2 amide bonds. The molecule has 7 heteroatoms. The Hall–Kier alpha value is -2.96. The third-order valence-corrected chi connectivity index (χ3v) is 5.48. The van der Waals surface area contributed by atoms with Crippen molar-refractivity contribution in [3.05, 3.63) is 65.2 Å². The quantitative estimate of drug-likeness (QED) is 0.783. The number of piperidine rings is 1. The molecule has 4 rings (SSSR count). The lowest BCUT2D eigenvalue weighted by Crippen LogP contribution is -2.41. The highest BCUT2D eigenvalue weighted by atomic mass is 19.1. The van der Waals surface area contributed by atoms with Gasteiger partial charge in [0, 0.05) is 30.6 Å². The lowest BCUT2D eigenvalue weighted by Gasteiger charge is -2.32. The van der Waals surface area contributed by atoms with Crippen molar-refractivity contribution in [2.75, 3.05) is 19.7 Å². The van der Waals surface area contributed by atoms with Gasteiger partial charge in [0.1, 0.15) is 17.4 Å². The van der Waals surface area contributed by atoms with Crippen LogP contribution in [0.5, 0.6) is 5.75 Å². The van der Waals surface area contributed by atoms with Gasteiger partial charge in [-0.05, 0) is 68.1 Å². The topological polar surface area (TPSA) is 58.6 Å². The molecule has 5 nitrogen and oxygen atoms in total. The summed E-state index contributed by atoms with van der Waals surface area (Å²) in [6.45, 7) is 1.34. The average Bonchev–Trinajstić information content (AvgIpc) is 3.58. The van der Waals surface area contributed by atoms with Crippen LogP contribution in [-0.4, -0.2) is 42.5 Å². The van der Waals surface area contributed by atoms with Gasteiger partial charge in [0.25, 0.3) is 11.8 Å². The predicted molar refractivity (Wildman–Crippen MR) is 107 cm³/mol. The minimum atomic E-state index is -0.717. The number of carbonyl (C=O) groups is 2. The summed E-state index contributed by atoms with van der Waals surface area (Å²) in [7, 11) is 0. The third kappa shape index (κ3) is 4.96. The third-order valence-electron chi connectivity index (χ3n) is 5.48. The molecule has 30 heavy (non-hydrogen) atoms. The number of halogens is 2. The summed E-state index contributed by atoms with van der Waals surface area (Å²) in [5.74, 6) is -1.18. The van der Waals surface area contributed by atoms with Gasteiger partial charge in [0.05, 0.1) is 12.2 Å². The molecular weight excluding hydrogens is 390 g/mol. The molecule has 1 atom stereocenters. The first-order chi connectivity index (χ1) is 14.5. The van der Waals surface area contributed by atoms with Crippen LogP contribution in [0.1, 0.15) is 46.4 Å². The van der Waals surface area contributed by atoms with E-state index in [0.717, 1.165) is 43.9 Å². The molecule has 2 aromatic carbocycles. The Labute approximate surface area is 174 Å². The monoisotopic (exact) mass is 414 g/mol. The number of carbonyl (C=O) groups excluding carboxylic acids is 2. The Bertz CT molecular complexity index is 929. The largest absolute Gasteiger partial charge is 0.493 e. The first-order valence-electron chi connectivity index (χ1n) is 10.3. The maximum atomic E-state index is 13.9. The molecule has 2 aromatic rings. The number of ether oxygens (including phenoxy) is 1. The van der Waals surface area contributed by atoms with Gasteiger partial charge in [-0.2, -0.15) is 0 Å². The van der Waals surface area contributed by atoms with Crippen LogP contribution in [-0.2, 0) is 0 Å². The van der Waals surface area contributed by atoms with Gasteiger partial charge < -0.3 is 15.0 Å². The minimum Gasteiger partial charge on any atom is -0.493 e. The number of amides is 2. The number of nitrogens with zero attached hydrogens (tertiary/aromatic N) is 1. The Balaban J connectivity index is 1.31. The molecule has 0 aromatic heterocycles. The van der Waals surface area contributed by atoms with E-state index in [1.54, 1.807) is 29.2 Å². The Morgan fingerprint density at radius 2 is 1.83 bits per heavy atom. The molecule has 0 spiro atoms. The summed E-state index contributed by atoms with van der Waals surface area (Å²) in [6.07, 6.45) is 3.74. The van der Waals surface area contributed by atoms with E-state index in [9.17, 15) is 18.4 Å². The second-order valence-corrected chi connectivity index (χ2v) is 7.97. The zero-order chi connectivity index (χ0) is 21.1. The molecule has 1 aliphatic heterocycles. The molecule has 1 saturated carbocycles. The molecule has 158 valence electrons. The van der Waals surface area contributed by atoms with Gasteiger partial charge in [0.15, 0.2) is 0 Å². The van der Waals surface area contributed by atoms with Gasteiger partial charge in [-0.3, -0.25) is 9.59 Å². The first kappa shape index (κ1) is 20.3. The van der Waals surface area contributed by atoms with Crippen molar-refractivity contribution in [3.63, 3.8) is 0 Å². The molecule has 0 bridgehead atoms. The van der Waals surface area contributed by atoms with Crippen LogP contribution in [0.3, 0.4) is 0 Å². The second kappa shape index (κ2) is 8.81. The van der Waals surface area contributed by atoms with Crippen molar-refractivity contribution in [1.82, 2.24) is 10.2 Å². The number of hydrogen-bond acceptors (Lipinski definition) is 3. The average molecular weight is 414 g/mol. The second-order valence-electron chi connectivity index (χ2n) is 7.97. The van der Waals surface area contributed by atoms with Crippen LogP contribution in [0.4, 0.5) is 8.78 Å². The van der Waals surface area contributed by atoms with Gasteiger partial charge in [-0.1, -0.05) is 0 Å². The number of rotatable bonds is 6. The van der Waals surface area contributed by atoms with E-state index in [1.165, 1.54) is 0 Å². The van der Waals surface area contributed by atoms with Crippen molar-refractivity contribution >= 4 is 11.8 Å². The van der Waals surface area contributed by atoms with E-state index in [0.29, 0.717) is 37.1 Å². The molecule has 2 aliphatic rings. The summed E-state index contributed by atoms with van der Waals surface area (Å²) >= 11 is 0. The molecule has 1 saturated heterocycles. The fourth-order valence-electron chi connectivity index (χ4n) is 3.63. The summed E-state index contributed by atoms with van der Waals surface area (Å²) < 4.78 is 33.2. The van der Waals surface area contributed by atoms with Crippen LogP contribution in [0, 0.1) is 17.6 Å². The highest BCUT2D eigenvalue weighted by Crippen LogP contribution is 2.23. The molecule has 1 aliphatic carbocycles. The lowest BCUT2D eigenvalue weighted by molar-refractivity contribution is 0.0628. The van der Waals surface area contributed by atoms with Crippen molar-refractivity contribution in [1.29, 1.82) is 0 Å². The molecule has 1 unspecified atom stereocenters. The van der Waals surface area contributed by atoms with Crippen LogP contribution in [0.2, 0.25) is 0 Å². The van der Waals surface area contributed by atoms with Crippen LogP contribution in [0.15, 0.2) is 42.5 Å². The standard InChI is InChI=1S/C23H24F2N2O3/c24-17-5-10-21(25)20(12-17)23(29)27-11-1-2-15(13-27)14-30-19-8-3-16(4-9-19)22(28)26-18-6-7-18/h3-5,8-10,12,15,18H,1-2,6-7,11,13-14H2,(H,26,28). The van der Waals surface area contributed by atoms with E-state index in [2.05, 4.69) is 5.32 Å². The maximum Gasteiger partial charge on any atom is 0.256 e. The van der Waals surface area contributed by atoms with Crippen molar-refractivity contribution in [3.8, 4) is 5.75 Å². The molecule has 2 fully saturated rings. The fraction of sp³-hybridized carbons (Fsp3) is 0.391. The first-order valence-corrected chi connectivity index (χ1v) is 10.3. The van der Waals surface area contributed by atoms with Gasteiger partial charge in [0.2, 0.25) is 0 Å². The van der Waals surface area contributed by atoms with Gasteiger partial charge in [-0.25, -0.2) is 8.78 Å². The zero-order valence-electron chi connectivity index (χ0n) is 16.6. The number of likely N-dealkylation sites (tertiary alicyclic amines) is 1. The van der Waals surface area contributed by atoms with E-state index in [1.807, 2.05) is 0 Å². The molecule has 1 heterocycles. The number of hydrogen-bond donors (Lipinski definition) is 1. The molecule has 1 N–H and O–H groups in total. The van der Waals surface area contributed by atoms with E-state index in [4.69, 9.17) is 4.74 Å². The maximum absolute atomic E-state index is 13.9. The SMILES string of the molecule is O=C(NC1CC1)c1ccc(OCC2CCCN(C(=O)c3cc(F)ccc3F)C2)cc1. The van der Waals surface area contributed by atoms with Crippen LogP contribution >= 0.6 is 0 Å². The Morgan fingerprint density at radius 3 is 2.57 bits per heavy atom. The number of nitrogens with one attached hydrogen (secondary N) is 1. The van der Waals surface area contributed by atoms with Crippen molar-refractivity contribution in [2.45, 2.75) is 31.7 Å². The zero-order valence-corrected chi connectivity index (χ0v) is 16.6. The Kier molecular flexibility index (Phi) is 5.97. The van der Waals surface area contributed by atoms with Crippen molar-refractivity contribution < 1.29 is 23.1 Å². The normalized spacial score (nSPS) is 18.7. The van der Waals surface area contributed by atoms with Crippen LogP contribution < -0.4 is 10.1 Å². The number of benzene rings is 2. The molecule has 0 radical (unpaired) electrons. The van der Waals surface area contributed by atoms with E-state index >= 15 is 0 Å². The highest BCUT2D eigenvalue weighted by Gasteiger charge is 2.27. The van der Waals surface area contributed by atoms with Crippen LogP contribution in [0.25, 0.3) is 0 Å². The van der Waals surface area contributed by atoms with E-state index < -0.39 is 17.5 Å². The fourth-order valence-corrected chi connectivity index (χ4v) is 3.63. The predicted octanol–water partition coefficient (Wildman–Crippen LogP) is 3.79. The summed E-state index contributed by atoms with van der Waals surface area (Å²) in [4.78, 5) is 26.2. The highest BCUT2D eigenvalue weighted by molar-refractivity contribution is 5.95. The van der Waals surface area contributed by atoms with Gasteiger partial charge in [-0.15, -0.1) is 0 Å². The minimum absolute atomic E-state index is 0.0740. The van der Waals surface area contributed by atoms with Crippen molar-refractivity contribution in [2.24, 2.45) is 5.92 Å². The summed E-state index contributed by atoms with van der Waals surface area (Å²) in [5.41, 5.74) is 0.359. The smallest absolute Gasteiger partial charge is 0.256 e. The molecular formula is C23H24F2N2O3. The lowest BCUT2D eigenvalue weighted by atomic mass is 9.98. The van der Waals surface area contributed by atoms with E-state index in [-0.39, 0.29) is 17.4 Å². The summed E-state index contributed by atoms with van der Waals surface area (Å²) in [5, 5.41) is 2.94. The Morgan fingerprint density at radius 1 is 1.07 bits per heavy atom.